The maximum atomic E-state index is 10.4. The van der Waals surface area contributed by atoms with Crippen molar-refractivity contribution in [2.24, 2.45) is 0 Å². The van der Waals surface area contributed by atoms with Crippen molar-refractivity contribution in [3.63, 3.8) is 0 Å². The number of aliphatic hydroxyl groups is 1. The molecule has 2 rings (SSSR count). The third kappa shape index (κ3) is 3.39. The lowest BCUT2D eigenvalue weighted by Gasteiger charge is -2.31. The largest absolute Gasteiger partial charge is 0.399 e. The monoisotopic (exact) mass is 251 g/mol. The average molecular weight is 251 g/mol. The summed E-state index contributed by atoms with van der Waals surface area (Å²) in [5, 5.41) is 10.4. The molecule has 0 aromatic heterocycles. The molecule has 1 saturated carbocycles. The standard InChI is InChI=1S/C14H21NOS/c1-11-5-6-12(15)9-13(11)17-10-14(16)7-3-2-4-8-14/h5-6,9,16H,2-4,7-8,10,15H2,1H3. The molecule has 1 aromatic carbocycles. The zero-order valence-electron chi connectivity index (χ0n) is 10.4. The van der Waals surface area contributed by atoms with Crippen LogP contribution >= 0.6 is 11.8 Å². The van der Waals surface area contributed by atoms with Crippen molar-refractivity contribution >= 4 is 17.4 Å². The van der Waals surface area contributed by atoms with Crippen molar-refractivity contribution in [1.82, 2.24) is 0 Å². The first kappa shape index (κ1) is 12.8. The fourth-order valence-electron chi connectivity index (χ4n) is 2.34. The van der Waals surface area contributed by atoms with E-state index in [2.05, 4.69) is 6.92 Å². The number of nitrogens with two attached hydrogens (primary N) is 1. The van der Waals surface area contributed by atoms with Crippen molar-refractivity contribution in [3.05, 3.63) is 23.8 Å². The summed E-state index contributed by atoms with van der Waals surface area (Å²) in [7, 11) is 0. The van der Waals surface area contributed by atoms with E-state index in [4.69, 9.17) is 5.73 Å². The molecule has 0 bridgehead atoms. The summed E-state index contributed by atoms with van der Waals surface area (Å²) in [6.45, 7) is 2.09. The summed E-state index contributed by atoms with van der Waals surface area (Å²) >= 11 is 1.74. The fraction of sp³-hybridized carbons (Fsp3) is 0.571. The molecule has 0 radical (unpaired) electrons. The van der Waals surface area contributed by atoms with Crippen LogP contribution in [-0.2, 0) is 0 Å². The van der Waals surface area contributed by atoms with Gasteiger partial charge in [-0.25, -0.2) is 0 Å². The fourth-order valence-corrected chi connectivity index (χ4v) is 3.57. The first-order valence-corrected chi connectivity index (χ1v) is 7.29. The third-order valence-corrected chi connectivity index (χ3v) is 4.93. The summed E-state index contributed by atoms with van der Waals surface area (Å²) in [5.41, 5.74) is 7.37. The topological polar surface area (TPSA) is 46.2 Å². The van der Waals surface area contributed by atoms with Gasteiger partial charge in [-0.1, -0.05) is 25.3 Å². The zero-order chi connectivity index (χ0) is 12.3. The van der Waals surface area contributed by atoms with Gasteiger partial charge < -0.3 is 10.8 Å². The zero-order valence-corrected chi connectivity index (χ0v) is 11.2. The predicted molar refractivity (Wildman–Crippen MR) is 74.4 cm³/mol. The highest BCUT2D eigenvalue weighted by atomic mass is 32.2. The number of hydrogen-bond donors (Lipinski definition) is 2. The van der Waals surface area contributed by atoms with Crippen LogP contribution in [0.15, 0.2) is 23.1 Å². The van der Waals surface area contributed by atoms with Crippen LogP contribution in [0, 0.1) is 6.92 Å². The van der Waals surface area contributed by atoms with Crippen LogP contribution in [0.4, 0.5) is 5.69 Å². The Morgan fingerprint density at radius 2 is 2.00 bits per heavy atom. The first-order valence-electron chi connectivity index (χ1n) is 6.30. The van der Waals surface area contributed by atoms with Gasteiger partial charge in [0.1, 0.15) is 0 Å². The number of anilines is 1. The van der Waals surface area contributed by atoms with Gasteiger partial charge in [0, 0.05) is 16.3 Å². The molecule has 94 valence electrons. The van der Waals surface area contributed by atoms with E-state index < -0.39 is 5.60 Å². The minimum atomic E-state index is -0.458. The number of nitrogen functional groups attached to an aromatic ring is 1. The summed E-state index contributed by atoms with van der Waals surface area (Å²) in [6, 6.07) is 5.98. The van der Waals surface area contributed by atoms with E-state index >= 15 is 0 Å². The van der Waals surface area contributed by atoms with Gasteiger partial charge in [0.2, 0.25) is 0 Å². The molecule has 0 amide bonds. The van der Waals surface area contributed by atoms with Crippen molar-refractivity contribution in [2.45, 2.75) is 49.5 Å². The molecular weight excluding hydrogens is 230 g/mol. The average Bonchev–Trinajstić information content (AvgIpc) is 2.31. The first-order chi connectivity index (χ1) is 8.09. The molecule has 0 unspecified atom stereocenters. The highest BCUT2D eigenvalue weighted by molar-refractivity contribution is 7.99. The Balaban J connectivity index is 1.99. The van der Waals surface area contributed by atoms with Crippen LogP contribution in [-0.4, -0.2) is 16.5 Å². The van der Waals surface area contributed by atoms with E-state index in [-0.39, 0.29) is 0 Å². The quantitative estimate of drug-likeness (QED) is 0.639. The molecule has 1 aliphatic carbocycles. The Bertz CT molecular complexity index is 386. The summed E-state index contributed by atoms with van der Waals surface area (Å²) < 4.78 is 0. The smallest absolute Gasteiger partial charge is 0.0741 e. The third-order valence-electron chi connectivity index (χ3n) is 3.49. The minimum Gasteiger partial charge on any atom is -0.399 e. The highest BCUT2D eigenvalue weighted by Gasteiger charge is 2.29. The second kappa shape index (κ2) is 5.32. The lowest BCUT2D eigenvalue weighted by molar-refractivity contribution is 0.0273. The number of aryl methyl sites for hydroxylation is 1. The van der Waals surface area contributed by atoms with E-state index in [9.17, 15) is 5.11 Å². The molecule has 2 nitrogen and oxygen atoms in total. The van der Waals surface area contributed by atoms with Crippen molar-refractivity contribution in [3.8, 4) is 0 Å². The van der Waals surface area contributed by atoms with Gasteiger partial charge in [-0.2, -0.15) is 0 Å². The maximum Gasteiger partial charge on any atom is 0.0741 e. The molecule has 0 aliphatic heterocycles. The number of rotatable bonds is 3. The van der Waals surface area contributed by atoms with Crippen LogP contribution in [0.1, 0.15) is 37.7 Å². The van der Waals surface area contributed by atoms with Crippen LogP contribution in [0.3, 0.4) is 0 Å². The number of benzene rings is 1. The predicted octanol–water partition coefficient (Wildman–Crippen LogP) is 3.36. The molecule has 17 heavy (non-hydrogen) atoms. The van der Waals surface area contributed by atoms with E-state index in [0.29, 0.717) is 0 Å². The Morgan fingerprint density at radius 1 is 1.29 bits per heavy atom. The summed E-state index contributed by atoms with van der Waals surface area (Å²) in [5.74, 6) is 0.789. The van der Waals surface area contributed by atoms with Gasteiger partial charge >= 0.3 is 0 Å². The van der Waals surface area contributed by atoms with Gasteiger partial charge in [-0.05, 0) is 37.5 Å². The molecule has 0 saturated heterocycles. The molecular formula is C14H21NOS. The van der Waals surface area contributed by atoms with Crippen molar-refractivity contribution < 1.29 is 5.11 Å². The van der Waals surface area contributed by atoms with Crippen LogP contribution < -0.4 is 5.73 Å². The minimum absolute atomic E-state index is 0.458. The lowest BCUT2D eigenvalue weighted by atomic mass is 9.86. The van der Waals surface area contributed by atoms with E-state index in [1.807, 2.05) is 18.2 Å². The second-order valence-corrected chi connectivity index (χ2v) is 6.12. The molecule has 1 fully saturated rings. The molecule has 3 heteroatoms. The van der Waals surface area contributed by atoms with Gasteiger partial charge in [0.05, 0.1) is 5.60 Å². The number of thioether (sulfide) groups is 1. The maximum absolute atomic E-state index is 10.4. The number of hydrogen-bond acceptors (Lipinski definition) is 3. The van der Waals surface area contributed by atoms with Gasteiger partial charge in [0.15, 0.2) is 0 Å². The molecule has 1 aromatic rings. The normalized spacial score (nSPS) is 19.2. The Kier molecular flexibility index (Phi) is 4.00. The highest BCUT2D eigenvalue weighted by Crippen LogP contribution is 2.34. The molecule has 1 aliphatic rings. The van der Waals surface area contributed by atoms with E-state index in [1.165, 1.54) is 16.9 Å². The Hall–Kier alpha value is -0.670. The Morgan fingerprint density at radius 3 is 2.71 bits per heavy atom. The lowest BCUT2D eigenvalue weighted by Crippen LogP contribution is -2.33. The van der Waals surface area contributed by atoms with Gasteiger partial charge in [-0.15, -0.1) is 11.8 Å². The van der Waals surface area contributed by atoms with Crippen LogP contribution in [0.5, 0.6) is 0 Å². The van der Waals surface area contributed by atoms with Crippen LogP contribution in [0.2, 0.25) is 0 Å². The molecule has 0 atom stereocenters. The van der Waals surface area contributed by atoms with E-state index in [1.54, 1.807) is 11.8 Å². The SMILES string of the molecule is Cc1ccc(N)cc1SCC1(O)CCCCC1. The summed E-state index contributed by atoms with van der Waals surface area (Å²) in [6.07, 6.45) is 5.48. The van der Waals surface area contributed by atoms with Gasteiger partial charge in [0.25, 0.3) is 0 Å². The molecule has 0 spiro atoms. The van der Waals surface area contributed by atoms with Crippen molar-refractivity contribution in [2.75, 3.05) is 11.5 Å². The van der Waals surface area contributed by atoms with E-state index in [0.717, 1.165) is 37.1 Å². The second-order valence-electron chi connectivity index (χ2n) is 5.10. The molecule has 3 N–H and O–H groups in total. The van der Waals surface area contributed by atoms with Crippen molar-refractivity contribution in [1.29, 1.82) is 0 Å². The summed E-state index contributed by atoms with van der Waals surface area (Å²) in [4.78, 5) is 1.20. The molecule has 0 heterocycles. The van der Waals surface area contributed by atoms with Gasteiger partial charge in [-0.3, -0.25) is 0 Å². The Labute approximate surface area is 108 Å². The van der Waals surface area contributed by atoms with Crippen LogP contribution in [0.25, 0.3) is 0 Å².